The maximum Gasteiger partial charge on any atom is 0.472 e. The number of carbonyl (C=O) groups is 1. The summed E-state index contributed by atoms with van der Waals surface area (Å²) in [7, 11) is 1.56. The van der Waals surface area contributed by atoms with Gasteiger partial charge in [-0.15, -0.1) is 0 Å². The Morgan fingerprint density at radius 2 is 0.881 bits per heavy atom. The average molecular weight is 849 g/mol. The van der Waals surface area contributed by atoms with Crippen LogP contribution in [-0.4, -0.2) is 74.1 Å². The molecular weight excluding hydrogens is 758 g/mol. The van der Waals surface area contributed by atoms with Gasteiger partial charge in [0.25, 0.3) is 0 Å². The zero-order valence-electron chi connectivity index (χ0n) is 38.5. The van der Waals surface area contributed by atoms with E-state index in [9.17, 15) is 19.4 Å². The quantitative estimate of drug-likeness (QED) is 0.0207. The number of hydrogen-bond acceptors (Lipinski definition) is 6. The second-order valence-corrected chi connectivity index (χ2v) is 18.4. The minimum Gasteiger partial charge on any atom is -0.463 e. The number of phosphoric acid groups is 1. The number of carbonyl (C=O) groups excluding carboxylic acids is 1. The number of likely N-dealkylation sites (N-methyl/N-ethyl adjacent to an activating group) is 1. The zero-order valence-corrected chi connectivity index (χ0v) is 39.4. The highest BCUT2D eigenvalue weighted by molar-refractivity contribution is 7.47. The molecule has 0 saturated carbocycles. The molecule has 2 unspecified atom stereocenters. The summed E-state index contributed by atoms with van der Waals surface area (Å²) in [6, 6.07) is 0. The van der Waals surface area contributed by atoms with E-state index in [0.29, 0.717) is 17.4 Å². The summed E-state index contributed by atoms with van der Waals surface area (Å²) >= 11 is 0. The summed E-state index contributed by atoms with van der Waals surface area (Å²) in [5, 5.41) is 9.93. The van der Waals surface area contributed by atoms with Crippen LogP contribution < -0.4 is 0 Å². The van der Waals surface area contributed by atoms with E-state index in [-0.39, 0.29) is 19.2 Å². The molecule has 0 aliphatic carbocycles. The van der Waals surface area contributed by atoms with Crippen LogP contribution in [0.25, 0.3) is 0 Å². The Kier molecular flexibility index (Phi) is 41.1. The molecule has 0 heterocycles. The third-order valence-corrected chi connectivity index (χ3v) is 11.0. The molecule has 0 fully saturated rings. The second-order valence-electron chi connectivity index (χ2n) is 17.0. The van der Waals surface area contributed by atoms with Gasteiger partial charge in [0.15, 0.2) is 0 Å². The van der Waals surface area contributed by atoms with E-state index >= 15 is 0 Å². The summed E-state index contributed by atoms with van der Waals surface area (Å²) in [5.74, 6) is -0.370. The molecule has 0 aromatic rings. The van der Waals surface area contributed by atoms with Gasteiger partial charge in [-0.25, -0.2) is 4.57 Å². The van der Waals surface area contributed by atoms with Crippen molar-refractivity contribution in [2.45, 2.75) is 193 Å². The molecule has 0 bridgehead atoms. The van der Waals surface area contributed by atoms with Gasteiger partial charge in [0, 0.05) is 6.42 Å². The summed E-state index contributed by atoms with van der Waals surface area (Å²) in [4.78, 5) is 21.7. The van der Waals surface area contributed by atoms with Gasteiger partial charge in [-0.05, 0) is 57.8 Å². The first-order chi connectivity index (χ1) is 28.6. The van der Waals surface area contributed by atoms with E-state index in [0.717, 1.165) is 57.8 Å². The third-order valence-electron chi connectivity index (χ3n) is 9.98. The maximum atomic E-state index is 12.0. The number of quaternary nitrogens is 1. The molecule has 0 aromatic heterocycles. The van der Waals surface area contributed by atoms with Gasteiger partial charge in [-0.3, -0.25) is 13.8 Å². The highest BCUT2D eigenvalue weighted by Crippen LogP contribution is 2.43. The lowest BCUT2D eigenvalue weighted by molar-refractivity contribution is -0.870. The fourth-order valence-corrected chi connectivity index (χ4v) is 7.06. The first kappa shape index (κ1) is 56.9. The Hall–Kier alpha value is -2.06. The van der Waals surface area contributed by atoms with Crippen molar-refractivity contribution >= 4 is 13.8 Å². The molecule has 2 N–H and O–H groups in total. The van der Waals surface area contributed by atoms with E-state index < -0.39 is 20.5 Å². The predicted octanol–water partition coefficient (Wildman–Crippen LogP) is 14.0. The molecule has 59 heavy (non-hydrogen) atoms. The molecule has 0 aromatic carbocycles. The van der Waals surface area contributed by atoms with E-state index in [4.69, 9.17) is 13.8 Å². The Morgan fingerprint density at radius 3 is 1.27 bits per heavy atom. The molecule has 9 heteroatoms. The van der Waals surface area contributed by atoms with Crippen LogP contribution in [-0.2, 0) is 23.1 Å². The van der Waals surface area contributed by atoms with Gasteiger partial charge >= 0.3 is 13.8 Å². The van der Waals surface area contributed by atoms with Gasteiger partial charge in [0.1, 0.15) is 25.9 Å². The molecule has 0 aliphatic rings. The Bertz CT molecular complexity index is 1170. The maximum absolute atomic E-state index is 12.0. The Balaban J connectivity index is 3.39. The monoisotopic (exact) mass is 849 g/mol. The minimum atomic E-state index is -4.25. The number of nitrogens with zero attached hydrogens (tertiary/aromatic N) is 1. The third kappa shape index (κ3) is 48.5. The zero-order chi connectivity index (χ0) is 43.4. The number of aliphatic hydroxyl groups is 1. The predicted molar refractivity (Wildman–Crippen MR) is 251 cm³/mol. The van der Waals surface area contributed by atoms with Crippen LogP contribution in [0, 0.1) is 0 Å². The molecule has 0 aliphatic heterocycles. The Morgan fingerprint density at radius 1 is 0.525 bits per heavy atom. The number of unbranched alkanes of at least 4 members (excludes halogenated alkanes) is 20. The van der Waals surface area contributed by atoms with Crippen LogP contribution in [0.5, 0.6) is 0 Å². The van der Waals surface area contributed by atoms with Crippen molar-refractivity contribution in [3.63, 3.8) is 0 Å². The first-order valence-electron chi connectivity index (χ1n) is 23.7. The number of allylic oxidation sites excluding steroid dienone is 12. The number of esters is 1. The van der Waals surface area contributed by atoms with Gasteiger partial charge in [-0.1, -0.05) is 195 Å². The minimum absolute atomic E-state index is 0.0537. The fourth-order valence-electron chi connectivity index (χ4n) is 6.31. The SMILES string of the molecule is CC/C=C\C/C=C\C/C=C\C/C=C\C/C=C\C/C=C\CCCCCCCCCCCCCCCCCCCCCCC(=O)OCC(O)COP(=O)(O)OCC[N+](C)(C)C. The molecule has 0 saturated heterocycles. The lowest BCUT2D eigenvalue weighted by atomic mass is 10.0. The topological polar surface area (TPSA) is 102 Å². The second kappa shape index (κ2) is 42.6. The molecule has 0 radical (unpaired) electrons. The molecule has 0 spiro atoms. The van der Waals surface area contributed by atoms with Crippen molar-refractivity contribution in [2.75, 3.05) is 47.5 Å². The number of rotatable bonds is 43. The molecule has 2 atom stereocenters. The van der Waals surface area contributed by atoms with Gasteiger partial charge in [-0.2, -0.15) is 0 Å². The van der Waals surface area contributed by atoms with Crippen molar-refractivity contribution in [3.05, 3.63) is 72.9 Å². The van der Waals surface area contributed by atoms with Crippen LogP contribution >= 0.6 is 7.82 Å². The number of ether oxygens (including phenoxy) is 1. The van der Waals surface area contributed by atoms with Gasteiger partial charge in [0.05, 0.1) is 27.7 Å². The standard InChI is InChI=1S/C50H90NO7P/c1-5-6-7-8-9-10-11-12-13-14-15-16-17-18-19-20-21-22-23-24-25-26-27-28-29-30-31-32-33-34-35-36-37-38-39-40-41-42-43-44-50(53)56-47-49(52)48-58-59(54,55)57-46-45-51(2,3)4/h6-7,9-10,12-13,15-16,18-19,21-22,49,52H,5,8,11,14,17,20,23-48H2,1-4H3/p+1/b7-6-,10-9-,13-12-,16-15-,19-18-,22-21-. The fraction of sp³-hybridized carbons (Fsp3) is 0.740. The summed E-state index contributed by atoms with van der Waals surface area (Å²) in [6.45, 7) is 2.04. The molecular formula is C50H91NO7P+. The lowest BCUT2D eigenvalue weighted by Crippen LogP contribution is -2.37. The first-order valence-corrected chi connectivity index (χ1v) is 25.2. The smallest absolute Gasteiger partial charge is 0.463 e. The van der Waals surface area contributed by atoms with Gasteiger partial charge < -0.3 is 19.2 Å². The van der Waals surface area contributed by atoms with Crippen molar-refractivity contribution in [1.29, 1.82) is 0 Å². The van der Waals surface area contributed by atoms with Crippen LogP contribution in [0.15, 0.2) is 72.9 Å². The van der Waals surface area contributed by atoms with Crippen LogP contribution in [0.2, 0.25) is 0 Å². The highest BCUT2D eigenvalue weighted by atomic mass is 31.2. The normalized spacial score (nSPS) is 14.3. The average Bonchev–Trinajstić information content (AvgIpc) is 3.19. The van der Waals surface area contributed by atoms with Gasteiger partial charge in [0.2, 0.25) is 0 Å². The largest absolute Gasteiger partial charge is 0.472 e. The molecule has 8 nitrogen and oxygen atoms in total. The van der Waals surface area contributed by atoms with Crippen molar-refractivity contribution in [2.24, 2.45) is 0 Å². The summed E-state index contributed by atoms with van der Waals surface area (Å²) < 4.78 is 27.3. The van der Waals surface area contributed by atoms with E-state index in [1.807, 2.05) is 21.1 Å². The number of aliphatic hydroxyl groups excluding tert-OH is 1. The van der Waals surface area contributed by atoms with Crippen molar-refractivity contribution in [3.8, 4) is 0 Å². The van der Waals surface area contributed by atoms with E-state index in [1.54, 1.807) is 0 Å². The van der Waals surface area contributed by atoms with Crippen LogP contribution in [0.3, 0.4) is 0 Å². The van der Waals surface area contributed by atoms with Crippen LogP contribution in [0.4, 0.5) is 0 Å². The van der Waals surface area contributed by atoms with Crippen molar-refractivity contribution in [1.82, 2.24) is 0 Å². The summed E-state index contributed by atoms with van der Waals surface area (Å²) in [5.41, 5.74) is 0. The van der Waals surface area contributed by atoms with Crippen molar-refractivity contribution < 1.29 is 37.6 Å². The lowest BCUT2D eigenvalue weighted by Gasteiger charge is -2.24. The number of hydrogen-bond donors (Lipinski definition) is 2. The number of phosphoric ester groups is 1. The molecule has 0 amide bonds. The van der Waals surface area contributed by atoms with E-state index in [2.05, 4.69) is 79.8 Å². The van der Waals surface area contributed by atoms with E-state index in [1.165, 1.54) is 116 Å². The Labute approximate surface area is 363 Å². The summed E-state index contributed by atoms with van der Waals surface area (Å²) in [6.07, 6.45) is 59.7. The van der Waals surface area contributed by atoms with Crippen LogP contribution in [0.1, 0.15) is 187 Å². The highest BCUT2D eigenvalue weighted by Gasteiger charge is 2.24. The molecule has 0 rings (SSSR count). The molecule has 342 valence electrons.